The summed E-state index contributed by atoms with van der Waals surface area (Å²) in [7, 11) is 0. The van der Waals surface area contributed by atoms with Crippen LogP contribution in [0.2, 0.25) is 0 Å². The number of amides is 3. The van der Waals surface area contributed by atoms with E-state index in [0.717, 1.165) is 0 Å². The van der Waals surface area contributed by atoms with Gasteiger partial charge in [-0.25, -0.2) is 4.79 Å². The van der Waals surface area contributed by atoms with E-state index in [4.69, 9.17) is 5.11 Å². The van der Waals surface area contributed by atoms with Gasteiger partial charge in [-0.2, -0.15) is 0 Å². The van der Waals surface area contributed by atoms with Gasteiger partial charge in [0, 0.05) is 6.92 Å². The van der Waals surface area contributed by atoms with Crippen molar-refractivity contribution in [2.45, 2.75) is 6.92 Å². The number of aliphatic hydroxyl groups is 1. The zero-order valence-electron chi connectivity index (χ0n) is 4.97. The summed E-state index contributed by atoms with van der Waals surface area (Å²) >= 11 is 0. The normalized spacial score (nSPS) is 8.22. The number of rotatable bonds is 1. The third-order valence-electron chi connectivity index (χ3n) is 0.529. The summed E-state index contributed by atoms with van der Waals surface area (Å²) in [6.07, 6.45) is 0. The standard InChI is InChI=1S/C4H8N2O3/c1-3(8)6-4(9)5-2-7/h7H,2H2,1H3,(H2,5,6,8,9). The third kappa shape index (κ3) is 4.76. The summed E-state index contributed by atoms with van der Waals surface area (Å²) in [5, 5.41) is 11.9. The van der Waals surface area contributed by atoms with Crippen LogP contribution in [-0.4, -0.2) is 23.8 Å². The zero-order chi connectivity index (χ0) is 7.28. The van der Waals surface area contributed by atoms with Crippen molar-refractivity contribution in [1.29, 1.82) is 0 Å². The number of carbonyl (C=O) groups excluding carboxylic acids is 2. The summed E-state index contributed by atoms with van der Waals surface area (Å²) in [6.45, 7) is 0.732. The smallest absolute Gasteiger partial charge is 0.323 e. The van der Waals surface area contributed by atoms with Crippen LogP contribution in [0.5, 0.6) is 0 Å². The van der Waals surface area contributed by atoms with Gasteiger partial charge in [-0.05, 0) is 0 Å². The molecule has 0 spiro atoms. The van der Waals surface area contributed by atoms with E-state index in [-0.39, 0.29) is 0 Å². The summed E-state index contributed by atoms with van der Waals surface area (Å²) < 4.78 is 0. The molecule has 9 heavy (non-hydrogen) atoms. The van der Waals surface area contributed by atoms with Crippen molar-refractivity contribution in [1.82, 2.24) is 10.6 Å². The fraction of sp³-hybridized carbons (Fsp3) is 0.500. The molecule has 0 saturated carbocycles. The van der Waals surface area contributed by atoms with Crippen molar-refractivity contribution in [3.8, 4) is 0 Å². The van der Waals surface area contributed by atoms with E-state index in [1.54, 1.807) is 0 Å². The second-order valence-corrected chi connectivity index (χ2v) is 1.35. The molecule has 0 aromatic carbocycles. The molecule has 0 fully saturated rings. The van der Waals surface area contributed by atoms with Gasteiger partial charge >= 0.3 is 6.03 Å². The summed E-state index contributed by atoms with van der Waals surface area (Å²) in [6, 6.07) is -0.690. The van der Waals surface area contributed by atoms with E-state index in [9.17, 15) is 9.59 Å². The van der Waals surface area contributed by atoms with E-state index in [1.165, 1.54) is 6.92 Å². The van der Waals surface area contributed by atoms with E-state index < -0.39 is 18.7 Å². The monoisotopic (exact) mass is 132 g/mol. The zero-order valence-corrected chi connectivity index (χ0v) is 4.97. The summed E-state index contributed by atoms with van der Waals surface area (Å²) in [5.74, 6) is -0.457. The molecule has 0 rings (SSSR count). The summed E-state index contributed by atoms with van der Waals surface area (Å²) in [4.78, 5) is 20.3. The van der Waals surface area contributed by atoms with Crippen LogP contribution in [0.15, 0.2) is 0 Å². The van der Waals surface area contributed by atoms with Crippen molar-refractivity contribution >= 4 is 11.9 Å². The Morgan fingerprint density at radius 1 is 1.56 bits per heavy atom. The molecule has 0 aliphatic carbocycles. The Bertz CT molecular complexity index is 123. The molecule has 52 valence electrons. The van der Waals surface area contributed by atoms with Crippen molar-refractivity contribution in [3.63, 3.8) is 0 Å². The Morgan fingerprint density at radius 2 is 2.11 bits per heavy atom. The second kappa shape index (κ2) is 3.85. The largest absolute Gasteiger partial charge is 0.376 e. The van der Waals surface area contributed by atoms with Gasteiger partial charge in [0.2, 0.25) is 5.91 Å². The fourth-order valence-electron chi connectivity index (χ4n) is 0.276. The topological polar surface area (TPSA) is 78.4 Å². The average Bonchev–Trinajstić information content (AvgIpc) is 1.63. The van der Waals surface area contributed by atoms with Crippen LogP contribution < -0.4 is 10.6 Å². The van der Waals surface area contributed by atoms with Crippen LogP contribution in [-0.2, 0) is 4.79 Å². The molecular formula is C4H8N2O3. The van der Waals surface area contributed by atoms with E-state index >= 15 is 0 Å². The highest BCUT2D eigenvalue weighted by molar-refractivity contribution is 5.92. The summed E-state index contributed by atoms with van der Waals surface area (Å²) in [5.41, 5.74) is 0. The van der Waals surface area contributed by atoms with Crippen LogP contribution in [0.3, 0.4) is 0 Å². The highest BCUT2D eigenvalue weighted by Crippen LogP contribution is 1.62. The molecule has 0 aliphatic heterocycles. The molecule has 5 nitrogen and oxygen atoms in total. The fourth-order valence-corrected chi connectivity index (χ4v) is 0.276. The van der Waals surface area contributed by atoms with Crippen molar-refractivity contribution < 1.29 is 14.7 Å². The maximum atomic E-state index is 10.3. The Hall–Kier alpha value is -1.10. The molecule has 0 aromatic heterocycles. The molecule has 0 bridgehead atoms. The molecule has 0 saturated heterocycles. The van der Waals surface area contributed by atoms with Gasteiger partial charge in [0.05, 0.1) is 0 Å². The second-order valence-electron chi connectivity index (χ2n) is 1.35. The van der Waals surface area contributed by atoms with E-state index in [1.807, 2.05) is 10.6 Å². The molecule has 0 heterocycles. The predicted molar refractivity (Wildman–Crippen MR) is 29.4 cm³/mol. The molecule has 3 amide bonds. The average molecular weight is 132 g/mol. The quantitative estimate of drug-likeness (QED) is 0.391. The predicted octanol–water partition coefficient (Wildman–Crippen LogP) is -1.22. The molecule has 0 atom stereocenters. The van der Waals surface area contributed by atoms with Crippen LogP contribution >= 0.6 is 0 Å². The first-order chi connectivity index (χ1) is 4.16. The highest BCUT2D eigenvalue weighted by atomic mass is 16.3. The number of urea groups is 1. The minimum absolute atomic E-state index is 0.457. The van der Waals surface area contributed by atoms with Gasteiger partial charge in [-0.1, -0.05) is 0 Å². The lowest BCUT2D eigenvalue weighted by Crippen LogP contribution is -2.38. The molecule has 0 unspecified atom stereocenters. The molecular weight excluding hydrogens is 124 g/mol. The van der Waals surface area contributed by atoms with Crippen molar-refractivity contribution in [3.05, 3.63) is 0 Å². The lowest BCUT2D eigenvalue weighted by molar-refractivity contribution is -0.117. The SMILES string of the molecule is CC(=O)NC(=O)NCO. The van der Waals surface area contributed by atoms with E-state index in [2.05, 4.69) is 0 Å². The maximum absolute atomic E-state index is 10.3. The minimum atomic E-state index is -0.690. The highest BCUT2D eigenvalue weighted by Gasteiger charge is 1.98. The van der Waals surface area contributed by atoms with Gasteiger partial charge in [-0.3, -0.25) is 10.1 Å². The maximum Gasteiger partial charge on any atom is 0.323 e. The number of hydrogen-bond donors (Lipinski definition) is 3. The van der Waals surface area contributed by atoms with Crippen molar-refractivity contribution in [2.24, 2.45) is 0 Å². The number of aliphatic hydroxyl groups excluding tert-OH is 1. The number of nitrogens with one attached hydrogen (secondary N) is 2. The molecule has 0 radical (unpaired) electrons. The Morgan fingerprint density at radius 3 is 2.44 bits per heavy atom. The van der Waals surface area contributed by atoms with Crippen LogP contribution in [0.25, 0.3) is 0 Å². The molecule has 0 aromatic rings. The molecule has 0 aliphatic rings. The van der Waals surface area contributed by atoms with Crippen molar-refractivity contribution in [2.75, 3.05) is 6.73 Å². The van der Waals surface area contributed by atoms with Crippen LogP contribution in [0.4, 0.5) is 4.79 Å². The van der Waals surface area contributed by atoms with Gasteiger partial charge in [-0.15, -0.1) is 0 Å². The first-order valence-corrected chi connectivity index (χ1v) is 2.33. The van der Waals surface area contributed by atoms with E-state index in [0.29, 0.717) is 0 Å². The third-order valence-corrected chi connectivity index (χ3v) is 0.529. The first kappa shape index (κ1) is 7.90. The van der Waals surface area contributed by atoms with Gasteiger partial charge in [0.1, 0.15) is 6.73 Å². The molecule has 5 heteroatoms. The van der Waals surface area contributed by atoms with Gasteiger partial charge in [0.25, 0.3) is 0 Å². The van der Waals surface area contributed by atoms with Crippen LogP contribution in [0, 0.1) is 0 Å². The number of hydrogen-bond acceptors (Lipinski definition) is 3. The van der Waals surface area contributed by atoms with Crippen LogP contribution in [0.1, 0.15) is 6.92 Å². The Balaban J connectivity index is 3.39. The Kier molecular flexibility index (Phi) is 3.38. The first-order valence-electron chi connectivity index (χ1n) is 2.33. The lowest BCUT2D eigenvalue weighted by atomic mass is 10.7. The van der Waals surface area contributed by atoms with Gasteiger partial charge in [0.15, 0.2) is 0 Å². The number of imide groups is 1. The number of carbonyl (C=O) groups is 2. The lowest BCUT2D eigenvalue weighted by Gasteiger charge is -1.98. The van der Waals surface area contributed by atoms with Gasteiger partial charge < -0.3 is 10.4 Å². The minimum Gasteiger partial charge on any atom is -0.376 e. The Labute approximate surface area is 52.1 Å². The molecule has 3 N–H and O–H groups in total.